The second-order valence-electron chi connectivity index (χ2n) is 1.55. The highest BCUT2D eigenvalue weighted by Crippen LogP contribution is 2.23. The van der Waals surface area contributed by atoms with Crippen LogP contribution in [0, 0.1) is 0 Å². The molecule has 0 aromatic rings. The van der Waals surface area contributed by atoms with Gasteiger partial charge in [0.25, 0.3) is 0 Å². The zero-order chi connectivity index (χ0) is 6.62. The maximum atomic E-state index is 3.58. The number of hydrogen-bond donors (Lipinski definition) is 0. The molecule has 0 aliphatic heterocycles. The maximum Gasteiger partial charge on any atom is 0.0483 e. The van der Waals surface area contributed by atoms with Crippen LogP contribution >= 0.6 is 0 Å². The van der Waals surface area contributed by atoms with Crippen molar-refractivity contribution >= 4 is 10.2 Å². The molecule has 8 heavy (non-hydrogen) atoms. The molecule has 0 saturated heterocycles. The van der Waals surface area contributed by atoms with Crippen LogP contribution in [-0.4, -0.2) is 10.2 Å². The van der Waals surface area contributed by atoms with E-state index in [0.717, 1.165) is 0 Å². The third-order valence-electron chi connectivity index (χ3n) is 1.01. The maximum absolute atomic E-state index is 3.58. The summed E-state index contributed by atoms with van der Waals surface area (Å²) < 4.78 is 0. The predicted molar refractivity (Wildman–Crippen MR) is 39.0 cm³/mol. The monoisotopic (exact) mass is 121 g/mol. The quantitative estimate of drug-likeness (QED) is 0.395. The van der Waals surface area contributed by atoms with Crippen LogP contribution in [0.5, 0.6) is 0 Å². The Bertz CT molecular complexity index is 91.8. The average Bonchev–Trinajstić information content (AvgIpc) is 1.87. The molecule has 0 N–H and O–H groups in total. The van der Waals surface area contributed by atoms with Crippen LogP contribution in [0.4, 0.5) is 0 Å². The summed E-state index contributed by atoms with van der Waals surface area (Å²) in [4.78, 5) is 0. The molecule has 3 radical (unpaired) electrons. The molecule has 1 heteroatoms. The molecule has 0 rings (SSSR count). The molecule has 0 heterocycles. The van der Waals surface area contributed by atoms with Crippen LogP contribution in [0.3, 0.4) is 0 Å². The Balaban J connectivity index is 4.18. The van der Waals surface area contributed by atoms with Crippen molar-refractivity contribution in [2.75, 3.05) is 0 Å². The molecule has 41 valence electrons. The van der Waals surface area contributed by atoms with E-state index in [4.69, 9.17) is 0 Å². The lowest BCUT2D eigenvalue weighted by molar-refractivity contribution is 1.11. The fourth-order valence-corrected chi connectivity index (χ4v) is 0.250. The highest BCUT2D eigenvalue weighted by molar-refractivity contribution is 6.19. The second kappa shape index (κ2) is 2.67. The van der Waals surface area contributed by atoms with E-state index in [9.17, 15) is 0 Å². The normalized spacial score (nSPS) is 10.1. The molecule has 0 aromatic heterocycles. The minimum Gasteiger partial charge on any atom is -0.102 e. The minimum absolute atomic E-state index is 0.278. The Kier molecular flexibility index (Phi) is 2.48. The first-order valence-electron chi connectivity index (χ1n) is 2.34. The Hall–Kier alpha value is -0.563. The summed E-state index contributed by atoms with van der Waals surface area (Å²) in [5.74, 6) is 0. The third-order valence-corrected chi connectivity index (χ3v) is 1.63. The topological polar surface area (TPSA) is 0 Å². The van der Waals surface area contributed by atoms with Crippen molar-refractivity contribution in [3.8, 4) is 0 Å². The van der Waals surface area contributed by atoms with Gasteiger partial charge in [-0.15, -0.1) is 19.7 Å². The van der Waals surface area contributed by atoms with Gasteiger partial charge in [-0.05, 0) is 0 Å². The van der Waals surface area contributed by atoms with Gasteiger partial charge in [-0.1, -0.05) is 18.2 Å². The Labute approximate surface area is 54.0 Å². The summed E-state index contributed by atoms with van der Waals surface area (Å²) in [6, 6.07) is 0. The lowest BCUT2D eigenvalue weighted by Gasteiger charge is -2.12. The molecule has 0 saturated carbocycles. The van der Waals surface area contributed by atoms with E-state index in [2.05, 4.69) is 30.0 Å². The first kappa shape index (κ1) is 7.44. The van der Waals surface area contributed by atoms with Gasteiger partial charge in [0.2, 0.25) is 0 Å². The van der Waals surface area contributed by atoms with Crippen LogP contribution in [-0.2, 0) is 0 Å². The van der Waals surface area contributed by atoms with E-state index in [1.54, 1.807) is 18.2 Å². The fourth-order valence-electron chi connectivity index (χ4n) is 0.250. The standard InChI is InChI=1S/C7H9Si/c1-4-7(8,5-2)6-3/h4-6H,1-3H2. The zero-order valence-electron chi connectivity index (χ0n) is 4.85. The van der Waals surface area contributed by atoms with Crippen molar-refractivity contribution in [1.82, 2.24) is 0 Å². The van der Waals surface area contributed by atoms with Gasteiger partial charge in [-0.2, -0.15) is 0 Å². The third kappa shape index (κ3) is 1.50. The highest BCUT2D eigenvalue weighted by Gasteiger charge is 2.07. The van der Waals surface area contributed by atoms with Gasteiger partial charge < -0.3 is 0 Å². The van der Waals surface area contributed by atoms with Gasteiger partial charge in [0, 0.05) is 15.3 Å². The smallest absolute Gasteiger partial charge is 0.0483 e. The van der Waals surface area contributed by atoms with E-state index in [1.165, 1.54) is 0 Å². The fraction of sp³-hybridized carbons (Fsp3) is 0.143. The lowest BCUT2D eigenvalue weighted by atomic mass is 10.1. The van der Waals surface area contributed by atoms with Gasteiger partial charge in [0.1, 0.15) is 0 Å². The van der Waals surface area contributed by atoms with Crippen molar-refractivity contribution in [1.29, 1.82) is 0 Å². The SMILES string of the molecule is C=CC([Si])(C=C)C=C. The molecular weight excluding hydrogens is 112 g/mol. The largest absolute Gasteiger partial charge is 0.102 e. The molecule has 0 aliphatic rings. The van der Waals surface area contributed by atoms with E-state index in [1.807, 2.05) is 0 Å². The van der Waals surface area contributed by atoms with Gasteiger partial charge in [-0.3, -0.25) is 0 Å². The molecular formula is C7H9Si. The number of hydrogen-bond acceptors (Lipinski definition) is 0. The van der Waals surface area contributed by atoms with Gasteiger partial charge >= 0.3 is 0 Å². The number of allylic oxidation sites excluding steroid dienone is 3. The molecule has 0 aromatic carbocycles. The average molecular weight is 121 g/mol. The van der Waals surface area contributed by atoms with Crippen LogP contribution < -0.4 is 0 Å². The Morgan fingerprint density at radius 2 is 1.25 bits per heavy atom. The summed E-state index contributed by atoms with van der Waals surface area (Å²) in [5.41, 5.74) is 0. The lowest BCUT2D eigenvalue weighted by Crippen LogP contribution is -1.98. The Morgan fingerprint density at radius 3 is 1.25 bits per heavy atom. The van der Waals surface area contributed by atoms with Crippen molar-refractivity contribution in [3.05, 3.63) is 38.0 Å². The van der Waals surface area contributed by atoms with E-state index >= 15 is 0 Å². The molecule has 0 aliphatic carbocycles. The summed E-state index contributed by atoms with van der Waals surface area (Å²) in [6.07, 6.45) is 5.18. The minimum atomic E-state index is -0.278. The molecule has 0 unspecified atom stereocenters. The summed E-state index contributed by atoms with van der Waals surface area (Å²) in [7, 11) is 3.38. The van der Waals surface area contributed by atoms with Crippen molar-refractivity contribution < 1.29 is 0 Å². The Morgan fingerprint density at radius 1 is 1.00 bits per heavy atom. The van der Waals surface area contributed by atoms with E-state index < -0.39 is 0 Å². The van der Waals surface area contributed by atoms with Gasteiger partial charge in [0.15, 0.2) is 0 Å². The molecule has 0 atom stereocenters. The van der Waals surface area contributed by atoms with Crippen molar-refractivity contribution in [2.45, 2.75) is 5.04 Å². The van der Waals surface area contributed by atoms with Crippen LogP contribution in [0.25, 0.3) is 0 Å². The summed E-state index contributed by atoms with van der Waals surface area (Å²) in [6.45, 7) is 10.8. The first-order chi connectivity index (χ1) is 3.68. The highest BCUT2D eigenvalue weighted by atomic mass is 28.1. The summed E-state index contributed by atoms with van der Waals surface area (Å²) in [5, 5.41) is -0.278. The molecule has 0 fully saturated rings. The zero-order valence-corrected chi connectivity index (χ0v) is 5.85. The molecule has 0 spiro atoms. The second-order valence-corrected chi connectivity index (χ2v) is 2.41. The van der Waals surface area contributed by atoms with Gasteiger partial charge in [0.05, 0.1) is 0 Å². The van der Waals surface area contributed by atoms with Crippen LogP contribution in [0.2, 0.25) is 5.04 Å². The van der Waals surface area contributed by atoms with Crippen molar-refractivity contribution in [2.24, 2.45) is 0 Å². The molecule has 0 bridgehead atoms. The van der Waals surface area contributed by atoms with Crippen LogP contribution in [0.1, 0.15) is 0 Å². The molecule has 0 amide bonds. The van der Waals surface area contributed by atoms with E-state index in [0.29, 0.717) is 0 Å². The van der Waals surface area contributed by atoms with Crippen LogP contribution in [0.15, 0.2) is 38.0 Å². The van der Waals surface area contributed by atoms with Gasteiger partial charge in [-0.25, -0.2) is 0 Å². The van der Waals surface area contributed by atoms with Crippen molar-refractivity contribution in [3.63, 3.8) is 0 Å². The first-order valence-corrected chi connectivity index (χ1v) is 2.84. The number of rotatable bonds is 3. The molecule has 0 nitrogen and oxygen atoms in total. The summed E-state index contributed by atoms with van der Waals surface area (Å²) >= 11 is 0. The predicted octanol–water partition coefficient (Wildman–Crippen LogP) is 1.87. The van der Waals surface area contributed by atoms with E-state index in [-0.39, 0.29) is 5.04 Å².